The molecule has 0 aromatic carbocycles. The van der Waals surface area contributed by atoms with Crippen LogP contribution in [0.1, 0.15) is 0 Å². The van der Waals surface area contributed by atoms with Gasteiger partial charge in [0.2, 0.25) is 6.08 Å². The number of hydrogen-bond donors (Lipinski definition) is 0. The molecule has 0 aromatic heterocycles. The Labute approximate surface area is 104 Å². The van der Waals surface area contributed by atoms with Crippen LogP contribution < -0.4 is 0 Å². The van der Waals surface area contributed by atoms with Crippen molar-refractivity contribution in [1.29, 1.82) is 0 Å². The monoisotopic (exact) mass is 289 g/mol. The minimum Gasteiger partial charge on any atom is -0.257 e. The van der Waals surface area contributed by atoms with E-state index in [2.05, 4.69) is 63.6 Å². The lowest BCUT2D eigenvalue weighted by Crippen LogP contribution is -2.81. The van der Waals surface area contributed by atoms with Crippen molar-refractivity contribution in [3.63, 3.8) is 0 Å². The van der Waals surface area contributed by atoms with Gasteiger partial charge in [-0.2, -0.15) is 0 Å². The Morgan fingerprint density at radius 3 is 1.00 bits per heavy atom. The Bertz CT molecular complexity index is 266. The van der Waals surface area contributed by atoms with E-state index in [1.54, 1.807) is 0 Å². The molecule has 0 N–H and O–H groups in total. The first-order valence-electron chi connectivity index (χ1n) is 5.90. The van der Waals surface area contributed by atoms with Crippen LogP contribution in [-0.4, -0.2) is 35.6 Å². The Morgan fingerprint density at radius 2 is 0.938 bits per heavy atom. The normalized spacial score (nSPS) is 14.6. The van der Waals surface area contributed by atoms with Crippen LogP contribution >= 0.6 is 0 Å². The van der Waals surface area contributed by atoms with Crippen LogP contribution in [0.25, 0.3) is 0 Å². The van der Waals surface area contributed by atoms with E-state index < -0.39 is 29.6 Å². The summed E-state index contributed by atoms with van der Waals surface area (Å²) in [6, 6.07) is 0. The average Bonchev–Trinajstić information content (AvgIpc) is 1.91. The molecule has 0 atom stereocenters. The topological polar surface area (TPSA) is 29.4 Å². The van der Waals surface area contributed by atoms with Crippen molar-refractivity contribution in [2.75, 3.05) is 0 Å². The zero-order chi connectivity index (χ0) is 13.4. The van der Waals surface area contributed by atoms with Crippen LogP contribution in [0.5, 0.6) is 0 Å². The molecule has 0 fully saturated rings. The van der Waals surface area contributed by atoms with Gasteiger partial charge in [0.25, 0.3) is 0 Å². The van der Waals surface area contributed by atoms with E-state index in [0.717, 1.165) is 0 Å². The van der Waals surface area contributed by atoms with Crippen LogP contribution in [0.4, 0.5) is 0 Å². The van der Waals surface area contributed by atoms with Crippen molar-refractivity contribution in [1.82, 2.24) is 0 Å². The van der Waals surface area contributed by atoms with Gasteiger partial charge in [-0.25, -0.2) is 4.79 Å². The van der Waals surface area contributed by atoms with Crippen LogP contribution in [0, 0.1) is 0 Å². The van der Waals surface area contributed by atoms with Gasteiger partial charge >= 0.3 is 0 Å². The maximum absolute atomic E-state index is 11.0. The quantitative estimate of drug-likeness (QED) is 0.442. The molecule has 0 saturated heterocycles. The number of hydrogen-bond acceptors (Lipinski definition) is 2. The maximum Gasteiger partial charge on any atom is 0.223 e. The summed E-state index contributed by atoms with van der Waals surface area (Å²) in [5.74, 6) is 0. The van der Waals surface area contributed by atoms with Crippen molar-refractivity contribution in [3.05, 3.63) is 0 Å². The summed E-state index contributed by atoms with van der Waals surface area (Å²) < 4.78 is 4.59. The molecular formula is C10H27NOSi4. The van der Waals surface area contributed by atoms with Crippen molar-refractivity contribution in [3.8, 4) is 0 Å². The standard InChI is InChI=1S/C10H27NOSi4/c1-13(2,3)16(11-10-12,14(4,5)6)15(7,8)9/h1-9H3. The SMILES string of the molecule is C[Si](C)(C)[Si](N=C=O)([Si](C)(C)C)[Si](C)(C)C. The third kappa shape index (κ3) is 2.56. The molecule has 0 aliphatic rings. The largest absolute Gasteiger partial charge is 0.257 e. The van der Waals surface area contributed by atoms with E-state index in [4.69, 9.17) is 0 Å². The van der Waals surface area contributed by atoms with E-state index in [-0.39, 0.29) is 0 Å². The van der Waals surface area contributed by atoms with Crippen molar-refractivity contribution < 1.29 is 4.79 Å². The fourth-order valence-electron chi connectivity index (χ4n) is 3.95. The summed E-state index contributed by atoms with van der Waals surface area (Å²) in [6.45, 7) is 19.9. The zero-order valence-corrected chi connectivity index (χ0v) is 16.4. The molecular weight excluding hydrogens is 262 g/mol. The smallest absolute Gasteiger partial charge is 0.223 e. The fraction of sp³-hybridized carbons (Fsp3) is 0.900. The van der Waals surface area contributed by atoms with Gasteiger partial charge in [0.05, 0.1) is 22.8 Å². The molecule has 94 valence electrons. The van der Waals surface area contributed by atoms with Gasteiger partial charge in [0.1, 0.15) is 0 Å². The van der Waals surface area contributed by atoms with Gasteiger partial charge in [-0.05, 0) is 0 Å². The first-order chi connectivity index (χ1) is 6.81. The van der Waals surface area contributed by atoms with Gasteiger partial charge in [-0.1, -0.05) is 58.9 Å². The van der Waals surface area contributed by atoms with Gasteiger partial charge in [0.15, 0.2) is 6.79 Å². The lowest BCUT2D eigenvalue weighted by Gasteiger charge is -2.52. The first-order valence-corrected chi connectivity index (χ1v) is 21.3. The maximum atomic E-state index is 11.0. The molecule has 0 aliphatic carbocycles. The van der Waals surface area contributed by atoms with Crippen LogP contribution in [0.2, 0.25) is 58.9 Å². The second-order valence-electron chi connectivity index (χ2n) is 7.66. The molecule has 2 nitrogen and oxygen atoms in total. The Hall–Kier alpha value is 0.248. The fourth-order valence-corrected chi connectivity index (χ4v) is 96.3. The van der Waals surface area contributed by atoms with Crippen LogP contribution in [0.15, 0.2) is 4.66 Å². The van der Waals surface area contributed by atoms with Crippen LogP contribution in [-0.2, 0) is 4.79 Å². The lowest BCUT2D eigenvalue weighted by molar-refractivity contribution is 0.566. The molecule has 0 unspecified atom stereocenters. The molecule has 0 radical (unpaired) electrons. The highest BCUT2D eigenvalue weighted by molar-refractivity contribution is 7.89. The van der Waals surface area contributed by atoms with E-state index in [9.17, 15) is 4.79 Å². The molecule has 0 rings (SSSR count). The number of nitrogens with zero attached hydrogens (tertiary/aromatic N) is 1. The molecule has 6 heteroatoms. The molecule has 16 heavy (non-hydrogen) atoms. The van der Waals surface area contributed by atoms with Gasteiger partial charge < -0.3 is 0 Å². The van der Waals surface area contributed by atoms with Crippen molar-refractivity contribution in [2.45, 2.75) is 58.9 Å². The molecule has 0 spiro atoms. The summed E-state index contributed by atoms with van der Waals surface area (Å²) in [5.41, 5.74) is 0. The third-order valence-corrected chi connectivity index (χ3v) is 71.5. The minimum absolute atomic E-state index is 1.40. The van der Waals surface area contributed by atoms with Gasteiger partial charge in [0, 0.05) is 0 Å². The highest BCUT2D eigenvalue weighted by Gasteiger charge is 2.63. The van der Waals surface area contributed by atoms with Gasteiger partial charge in [-0.3, -0.25) is 4.66 Å². The van der Waals surface area contributed by atoms with Crippen LogP contribution in [0.3, 0.4) is 0 Å². The summed E-state index contributed by atoms with van der Waals surface area (Å²) in [5, 5.41) is 0. The minimum atomic E-state index is -1.78. The van der Waals surface area contributed by atoms with E-state index in [1.165, 1.54) is 0 Å². The van der Waals surface area contributed by atoms with Crippen molar-refractivity contribution in [2.24, 2.45) is 4.66 Å². The number of rotatable bonds is 4. The van der Waals surface area contributed by atoms with E-state index >= 15 is 0 Å². The Morgan fingerprint density at radius 1 is 0.688 bits per heavy atom. The summed E-state index contributed by atoms with van der Waals surface area (Å²) >= 11 is 0. The highest BCUT2D eigenvalue weighted by Crippen LogP contribution is 2.37. The second-order valence-corrected chi connectivity index (χ2v) is 47.3. The molecule has 0 saturated carbocycles. The summed E-state index contributed by atoms with van der Waals surface area (Å²) in [6.07, 6.45) is 1.97. The highest BCUT2D eigenvalue weighted by atomic mass is 29.9. The van der Waals surface area contributed by atoms with Crippen molar-refractivity contribution >= 4 is 35.6 Å². The molecule has 0 amide bonds. The second kappa shape index (κ2) is 4.49. The van der Waals surface area contributed by atoms with Gasteiger partial charge in [-0.15, -0.1) is 0 Å². The van der Waals surface area contributed by atoms with E-state index in [0.29, 0.717) is 0 Å². The summed E-state index contributed by atoms with van der Waals surface area (Å²) in [4.78, 5) is 11.0. The third-order valence-electron chi connectivity index (χ3n) is 3.47. The molecule has 0 aromatic rings. The first kappa shape index (κ1) is 16.2. The summed E-state index contributed by atoms with van der Waals surface area (Å²) in [7, 11) is -4.19. The predicted molar refractivity (Wildman–Crippen MR) is 83.9 cm³/mol. The Kier molecular flexibility index (Phi) is 4.56. The average molecular weight is 290 g/mol. The zero-order valence-electron chi connectivity index (χ0n) is 12.4. The number of carbonyl (C=O) groups excluding carboxylic acids is 1. The molecule has 0 aliphatic heterocycles. The van der Waals surface area contributed by atoms with E-state index in [1.807, 2.05) is 6.08 Å². The molecule has 0 heterocycles. The lowest BCUT2D eigenvalue weighted by atomic mass is 11.7. The predicted octanol–water partition coefficient (Wildman–Crippen LogP) is 3.52. The number of isocyanates is 1. The molecule has 0 bridgehead atoms. The Balaban J connectivity index is 6.15.